The Bertz CT molecular complexity index is 973. The average molecular weight is 378 g/mol. The quantitative estimate of drug-likeness (QED) is 0.370. The number of carbonyl (C=O) groups is 1. The van der Waals surface area contributed by atoms with Crippen molar-refractivity contribution in [3.63, 3.8) is 0 Å². The van der Waals surface area contributed by atoms with Gasteiger partial charge in [-0.05, 0) is 54.1 Å². The number of aromatic hydroxyl groups is 1. The summed E-state index contributed by atoms with van der Waals surface area (Å²) in [5.41, 5.74) is 3.09. The van der Waals surface area contributed by atoms with Crippen LogP contribution >= 0.6 is 11.6 Å². The van der Waals surface area contributed by atoms with E-state index in [1.54, 1.807) is 29.2 Å². The van der Waals surface area contributed by atoms with Gasteiger partial charge in [-0.1, -0.05) is 30.3 Å². The van der Waals surface area contributed by atoms with Gasteiger partial charge in [-0.25, -0.2) is 0 Å². The Morgan fingerprint density at radius 3 is 2.04 bits per heavy atom. The van der Waals surface area contributed by atoms with E-state index in [2.05, 4.69) is 10.2 Å². The second-order valence-corrected chi connectivity index (χ2v) is 6.67. The Morgan fingerprint density at radius 2 is 1.41 bits per heavy atom. The highest BCUT2D eigenvalue weighted by Gasteiger charge is 2.47. The standard InChI is InChI=1S/C21H16ClN3O2/c22-19-20(14-6-12-18(26)13-7-14)25(21(19)27)17-10-8-16(9-11-17)24-23-15-4-2-1-3-5-15/h1-13,19-20,26H. The first kappa shape index (κ1) is 17.2. The van der Waals surface area contributed by atoms with Crippen molar-refractivity contribution in [3.8, 4) is 5.75 Å². The van der Waals surface area contributed by atoms with Gasteiger partial charge in [-0.3, -0.25) is 4.79 Å². The SMILES string of the molecule is O=C1C(Cl)C(c2ccc(O)cc2)N1c1ccc(N=Nc2ccccc2)cc1. The molecule has 2 atom stereocenters. The van der Waals surface area contributed by atoms with Gasteiger partial charge >= 0.3 is 0 Å². The normalized spacial score (nSPS) is 19.3. The Balaban J connectivity index is 1.54. The van der Waals surface area contributed by atoms with Crippen molar-refractivity contribution in [2.75, 3.05) is 4.90 Å². The molecule has 1 N–H and O–H groups in total. The van der Waals surface area contributed by atoms with Crippen LogP contribution in [0.3, 0.4) is 0 Å². The number of alkyl halides is 1. The number of carbonyl (C=O) groups excluding carboxylic acids is 1. The lowest BCUT2D eigenvalue weighted by Gasteiger charge is -2.44. The van der Waals surface area contributed by atoms with Gasteiger partial charge in [0.15, 0.2) is 0 Å². The first-order chi connectivity index (χ1) is 13.1. The Morgan fingerprint density at radius 1 is 0.815 bits per heavy atom. The summed E-state index contributed by atoms with van der Waals surface area (Å²) in [4.78, 5) is 14.0. The molecule has 4 rings (SSSR count). The van der Waals surface area contributed by atoms with Gasteiger partial charge < -0.3 is 10.0 Å². The molecule has 27 heavy (non-hydrogen) atoms. The minimum atomic E-state index is -0.619. The van der Waals surface area contributed by atoms with Gasteiger partial charge in [0, 0.05) is 5.69 Å². The van der Waals surface area contributed by atoms with Crippen molar-refractivity contribution in [2.24, 2.45) is 10.2 Å². The highest BCUT2D eigenvalue weighted by Crippen LogP contribution is 2.42. The molecule has 5 nitrogen and oxygen atoms in total. The summed E-state index contributed by atoms with van der Waals surface area (Å²) in [5.74, 6) is 0.0311. The molecule has 3 aromatic carbocycles. The van der Waals surface area contributed by atoms with Crippen LogP contribution in [0.1, 0.15) is 11.6 Å². The van der Waals surface area contributed by atoms with E-state index < -0.39 is 5.38 Å². The number of hydrogen-bond donors (Lipinski definition) is 1. The van der Waals surface area contributed by atoms with E-state index >= 15 is 0 Å². The fraction of sp³-hybridized carbons (Fsp3) is 0.0952. The summed E-state index contributed by atoms with van der Waals surface area (Å²) in [5, 5.41) is 17.2. The summed E-state index contributed by atoms with van der Waals surface area (Å²) < 4.78 is 0. The molecule has 1 fully saturated rings. The third-order valence-corrected chi connectivity index (χ3v) is 4.85. The van der Waals surface area contributed by atoms with Crippen molar-refractivity contribution in [3.05, 3.63) is 84.4 Å². The number of phenols is 1. The minimum Gasteiger partial charge on any atom is -0.508 e. The zero-order valence-corrected chi connectivity index (χ0v) is 15.0. The molecule has 0 radical (unpaired) electrons. The van der Waals surface area contributed by atoms with Crippen LogP contribution in [0.4, 0.5) is 17.1 Å². The second-order valence-electron chi connectivity index (χ2n) is 6.20. The minimum absolute atomic E-state index is 0.145. The van der Waals surface area contributed by atoms with Crippen molar-refractivity contribution in [2.45, 2.75) is 11.4 Å². The van der Waals surface area contributed by atoms with Crippen LogP contribution in [0.25, 0.3) is 0 Å². The van der Waals surface area contributed by atoms with E-state index in [4.69, 9.17) is 11.6 Å². The largest absolute Gasteiger partial charge is 0.508 e. The van der Waals surface area contributed by atoms with E-state index in [9.17, 15) is 9.90 Å². The predicted octanol–water partition coefficient (Wildman–Crippen LogP) is 5.50. The second kappa shape index (κ2) is 7.21. The topological polar surface area (TPSA) is 65.3 Å². The Hall–Kier alpha value is -3.18. The lowest BCUT2D eigenvalue weighted by molar-refractivity contribution is -0.123. The molecule has 1 amide bonds. The maximum Gasteiger partial charge on any atom is 0.248 e. The van der Waals surface area contributed by atoms with E-state index in [0.717, 1.165) is 16.9 Å². The number of rotatable bonds is 4. The maximum atomic E-state index is 12.3. The third-order valence-electron chi connectivity index (χ3n) is 4.43. The highest BCUT2D eigenvalue weighted by atomic mass is 35.5. The molecule has 0 aromatic heterocycles. The van der Waals surface area contributed by atoms with E-state index in [1.165, 1.54) is 0 Å². The molecule has 0 saturated carbocycles. The number of anilines is 1. The van der Waals surface area contributed by atoms with Gasteiger partial charge in [-0.2, -0.15) is 10.2 Å². The predicted molar refractivity (Wildman–Crippen MR) is 105 cm³/mol. The van der Waals surface area contributed by atoms with Crippen molar-refractivity contribution in [1.29, 1.82) is 0 Å². The molecule has 0 aliphatic carbocycles. The van der Waals surface area contributed by atoms with Gasteiger partial charge in [0.25, 0.3) is 0 Å². The number of benzene rings is 3. The molecule has 6 heteroatoms. The fourth-order valence-electron chi connectivity index (χ4n) is 3.02. The van der Waals surface area contributed by atoms with Gasteiger partial charge in [0.2, 0.25) is 5.91 Å². The van der Waals surface area contributed by atoms with Crippen molar-refractivity contribution in [1.82, 2.24) is 0 Å². The van der Waals surface area contributed by atoms with Crippen molar-refractivity contribution >= 4 is 34.6 Å². The van der Waals surface area contributed by atoms with Crippen LogP contribution in [-0.4, -0.2) is 16.4 Å². The Kier molecular flexibility index (Phi) is 4.60. The molecular weight excluding hydrogens is 362 g/mol. The molecular formula is C21H16ClN3O2. The lowest BCUT2D eigenvalue weighted by atomic mass is 9.92. The molecule has 0 spiro atoms. The van der Waals surface area contributed by atoms with Crippen LogP contribution in [0.15, 0.2) is 89.1 Å². The number of hydrogen-bond acceptors (Lipinski definition) is 4. The van der Waals surface area contributed by atoms with E-state index in [-0.39, 0.29) is 17.7 Å². The molecule has 2 unspecified atom stereocenters. The maximum absolute atomic E-state index is 12.3. The number of nitrogens with zero attached hydrogens (tertiary/aromatic N) is 3. The number of halogens is 1. The zero-order valence-electron chi connectivity index (χ0n) is 14.2. The number of amides is 1. The number of phenolic OH excluding ortho intramolecular Hbond substituents is 1. The monoisotopic (exact) mass is 377 g/mol. The molecule has 1 heterocycles. The van der Waals surface area contributed by atoms with Crippen molar-refractivity contribution < 1.29 is 9.90 Å². The molecule has 3 aromatic rings. The zero-order chi connectivity index (χ0) is 18.8. The first-order valence-corrected chi connectivity index (χ1v) is 8.90. The Labute approximate surface area is 161 Å². The number of azo groups is 1. The highest BCUT2D eigenvalue weighted by molar-refractivity contribution is 6.37. The van der Waals surface area contributed by atoms with Gasteiger partial charge in [0.05, 0.1) is 17.4 Å². The van der Waals surface area contributed by atoms with Crippen LogP contribution in [0.5, 0.6) is 5.75 Å². The summed E-state index contributed by atoms with van der Waals surface area (Å²) in [7, 11) is 0. The molecule has 1 aliphatic heterocycles. The summed E-state index contributed by atoms with van der Waals surface area (Å²) >= 11 is 6.25. The lowest BCUT2D eigenvalue weighted by Crippen LogP contribution is -2.56. The fourth-order valence-corrected chi connectivity index (χ4v) is 3.38. The van der Waals surface area contributed by atoms with E-state index in [0.29, 0.717) is 5.69 Å². The van der Waals surface area contributed by atoms with Crippen LogP contribution < -0.4 is 4.90 Å². The summed E-state index contributed by atoms with van der Waals surface area (Å²) in [6.07, 6.45) is 0. The van der Waals surface area contributed by atoms with Crippen LogP contribution in [-0.2, 0) is 4.79 Å². The molecule has 134 valence electrons. The smallest absolute Gasteiger partial charge is 0.248 e. The molecule has 1 aliphatic rings. The van der Waals surface area contributed by atoms with Gasteiger partial charge in [-0.15, -0.1) is 11.6 Å². The third kappa shape index (κ3) is 3.41. The first-order valence-electron chi connectivity index (χ1n) is 8.46. The summed E-state index contributed by atoms with van der Waals surface area (Å²) in [6, 6.07) is 23.2. The van der Waals surface area contributed by atoms with Crippen LogP contribution in [0, 0.1) is 0 Å². The van der Waals surface area contributed by atoms with E-state index in [1.807, 2.05) is 54.6 Å². The average Bonchev–Trinajstić information content (AvgIpc) is 2.72. The molecule has 1 saturated heterocycles. The van der Waals surface area contributed by atoms with Crippen LogP contribution in [0.2, 0.25) is 0 Å². The molecule has 0 bridgehead atoms. The number of β-lactam (4-membered cyclic amide) rings is 1. The summed E-state index contributed by atoms with van der Waals surface area (Å²) in [6.45, 7) is 0. The van der Waals surface area contributed by atoms with Gasteiger partial charge in [0.1, 0.15) is 11.1 Å².